The number of carbonyl (C=O) groups excluding carboxylic acids is 1. The highest BCUT2D eigenvalue weighted by atomic mass is 35.5. The molecule has 2 aliphatic heterocycles. The van der Waals surface area contributed by atoms with Crippen molar-refractivity contribution in [2.75, 3.05) is 31.6 Å². The maximum atomic E-state index is 12.3. The Morgan fingerprint density at radius 1 is 1.31 bits per heavy atom. The van der Waals surface area contributed by atoms with Gasteiger partial charge in [0, 0.05) is 19.1 Å². The van der Waals surface area contributed by atoms with E-state index in [1.807, 2.05) is 0 Å². The monoisotopic (exact) mass is 504 g/mol. The fourth-order valence-electron chi connectivity index (χ4n) is 5.07. The lowest BCUT2D eigenvalue weighted by molar-refractivity contribution is -0.138. The van der Waals surface area contributed by atoms with Crippen LogP contribution < -0.4 is 5.32 Å². The van der Waals surface area contributed by atoms with E-state index >= 15 is 0 Å². The summed E-state index contributed by atoms with van der Waals surface area (Å²) >= 11 is 6.20. The lowest BCUT2D eigenvalue weighted by Crippen LogP contribution is -2.48. The summed E-state index contributed by atoms with van der Waals surface area (Å²) in [5.74, 6) is 2.62. The first kappa shape index (κ1) is 24.2. The Labute approximate surface area is 207 Å². The molecule has 3 fully saturated rings. The predicted octanol–water partition coefficient (Wildman–Crippen LogP) is 1.10. The van der Waals surface area contributed by atoms with Gasteiger partial charge in [0.25, 0.3) is 0 Å². The summed E-state index contributed by atoms with van der Waals surface area (Å²) in [7, 11) is 0. The molecule has 2 aromatic rings. The number of hydrogen-bond acceptors (Lipinski definition) is 9. The third-order valence-electron chi connectivity index (χ3n) is 7.06. The van der Waals surface area contributed by atoms with E-state index in [4.69, 9.17) is 27.5 Å². The number of halogens is 1. The van der Waals surface area contributed by atoms with Crippen molar-refractivity contribution in [3.8, 4) is 12.3 Å². The first-order valence-electron chi connectivity index (χ1n) is 12.0. The molecular weight excluding hydrogens is 476 g/mol. The number of nitrogens with one attached hydrogen (secondary N) is 1. The molecule has 0 unspecified atom stereocenters. The van der Waals surface area contributed by atoms with Crippen LogP contribution in [0.1, 0.15) is 44.8 Å². The molecule has 1 aliphatic carbocycles. The molecular formula is C23H29ClN6O5. The normalized spacial score (nSPS) is 29.2. The molecule has 2 aromatic heterocycles. The van der Waals surface area contributed by atoms with E-state index < -0.39 is 24.0 Å². The van der Waals surface area contributed by atoms with Gasteiger partial charge in [0.2, 0.25) is 11.2 Å². The Hall–Kier alpha value is -2.49. The summed E-state index contributed by atoms with van der Waals surface area (Å²) in [6, 6.07) is 0.277. The molecule has 0 spiro atoms. The van der Waals surface area contributed by atoms with Crippen LogP contribution in [-0.2, 0) is 14.3 Å². The number of ether oxygens (including phenoxy) is 2. The smallest absolute Gasteiger partial charge is 0.248 e. The van der Waals surface area contributed by atoms with Gasteiger partial charge in [-0.05, 0) is 37.3 Å². The van der Waals surface area contributed by atoms with Crippen molar-refractivity contribution in [3.05, 3.63) is 11.6 Å². The van der Waals surface area contributed by atoms with Crippen LogP contribution >= 0.6 is 11.6 Å². The van der Waals surface area contributed by atoms with E-state index in [2.05, 4.69) is 26.2 Å². The molecule has 4 atom stereocenters. The van der Waals surface area contributed by atoms with Crippen LogP contribution in [0.3, 0.4) is 0 Å². The lowest BCUT2D eigenvalue weighted by atomic mass is 9.93. The van der Waals surface area contributed by atoms with Crippen molar-refractivity contribution in [1.29, 1.82) is 0 Å². The van der Waals surface area contributed by atoms with Crippen molar-refractivity contribution in [3.63, 3.8) is 0 Å². The molecule has 1 saturated carbocycles. The molecule has 2 saturated heterocycles. The minimum Gasteiger partial charge on any atom is -0.384 e. The Bertz CT molecular complexity index is 1130. The number of likely N-dealkylation sites (tertiary alicyclic amines) is 1. The zero-order valence-electron chi connectivity index (χ0n) is 19.3. The van der Waals surface area contributed by atoms with Gasteiger partial charge < -0.3 is 29.9 Å². The van der Waals surface area contributed by atoms with Gasteiger partial charge in [-0.25, -0.2) is 4.98 Å². The van der Waals surface area contributed by atoms with Crippen LogP contribution in [0.4, 0.5) is 5.82 Å². The lowest BCUT2D eigenvalue weighted by Gasteiger charge is -2.25. The molecule has 11 nitrogen and oxygen atoms in total. The third-order valence-corrected chi connectivity index (χ3v) is 7.23. The predicted molar refractivity (Wildman–Crippen MR) is 127 cm³/mol. The molecule has 3 N–H and O–H groups in total. The average molecular weight is 505 g/mol. The molecule has 188 valence electrons. The van der Waals surface area contributed by atoms with E-state index in [0.717, 1.165) is 38.5 Å². The molecule has 12 heteroatoms. The van der Waals surface area contributed by atoms with Crippen molar-refractivity contribution < 1.29 is 24.5 Å². The number of carbonyl (C=O) groups is 1. The zero-order valence-corrected chi connectivity index (χ0v) is 20.0. The minimum absolute atomic E-state index is 0.0137. The summed E-state index contributed by atoms with van der Waals surface area (Å²) < 4.78 is 13.0. The van der Waals surface area contributed by atoms with Crippen molar-refractivity contribution >= 4 is 34.5 Å². The van der Waals surface area contributed by atoms with Crippen LogP contribution in [-0.4, -0.2) is 90.7 Å². The zero-order chi connectivity index (χ0) is 24.6. The molecule has 0 aromatic carbocycles. The van der Waals surface area contributed by atoms with Gasteiger partial charge in [0.05, 0.1) is 12.9 Å². The average Bonchev–Trinajstić information content (AvgIpc) is 3.64. The van der Waals surface area contributed by atoms with E-state index in [1.54, 1.807) is 4.90 Å². The van der Waals surface area contributed by atoms with Crippen LogP contribution in [0.25, 0.3) is 11.2 Å². The highest BCUT2D eigenvalue weighted by Gasteiger charge is 2.55. The number of rotatable bonds is 7. The quantitative estimate of drug-likeness (QED) is 0.374. The number of hydrogen-bond donors (Lipinski definition) is 3. The molecule has 1 amide bonds. The van der Waals surface area contributed by atoms with Crippen LogP contribution in [0, 0.1) is 12.3 Å². The maximum Gasteiger partial charge on any atom is 0.248 e. The van der Waals surface area contributed by atoms with Crippen molar-refractivity contribution in [2.45, 2.75) is 68.6 Å². The number of aromatic nitrogens is 4. The summed E-state index contributed by atoms with van der Waals surface area (Å²) in [5, 5.41) is 25.4. The first-order chi connectivity index (χ1) is 16.9. The van der Waals surface area contributed by atoms with Gasteiger partial charge in [-0.15, -0.1) is 6.42 Å². The number of imidazole rings is 1. The third kappa shape index (κ3) is 4.57. The van der Waals surface area contributed by atoms with E-state index in [9.17, 15) is 15.0 Å². The number of terminal acetylenes is 1. The van der Waals surface area contributed by atoms with Crippen LogP contribution in [0.15, 0.2) is 6.33 Å². The van der Waals surface area contributed by atoms with Gasteiger partial charge >= 0.3 is 0 Å². The van der Waals surface area contributed by atoms with Gasteiger partial charge in [0.15, 0.2) is 28.8 Å². The molecule has 4 heterocycles. The Morgan fingerprint density at radius 3 is 2.77 bits per heavy atom. The fraction of sp³-hybridized carbons (Fsp3) is 0.652. The number of nitrogens with zero attached hydrogens (tertiary/aromatic N) is 5. The number of aliphatic hydroxyl groups is 2. The van der Waals surface area contributed by atoms with Gasteiger partial charge in [-0.2, -0.15) is 9.97 Å². The highest BCUT2D eigenvalue weighted by Crippen LogP contribution is 2.39. The number of amides is 1. The topological polar surface area (TPSA) is 135 Å². The second kappa shape index (κ2) is 9.87. The summed E-state index contributed by atoms with van der Waals surface area (Å²) in [6.45, 7) is 1.10. The number of aliphatic hydroxyl groups excluding tert-OH is 1. The minimum atomic E-state index is -2.04. The summed E-state index contributed by atoms with van der Waals surface area (Å²) in [4.78, 5) is 27.0. The SMILES string of the molecule is C#C[C@@]1(O)[C@@H](COCC(=O)N2CCCC2)O[C@@H](n2cnc3c(NC4CCCC4)nc(Cl)nc32)[C@@H]1O. The molecule has 0 bridgehead atoms. The van der Waals surface area contributed by atoms with E-state index in [1.165, 1.54) is 10.9 Å². The second-order valence-corrected chi connectivity index (χ2v) is 9.66. The van der Waals surface area contributed by atoms with Crippen LogP contribution in [0.5, 0.6) is 0 Å². The maximum absolute atomic E-state index is 12.3. The standard InChI is InChI=1S/C23H29ClN6O5/c1-2-23(33)15(11-34-12-16(31)29-9-5-6-10-29)35-21(18(23)32)30-13-25-17-19(26-14-7-3-4-8-14)27-22(24)28-20(17)30/h1,13-15,18,21,32-33H,3-12H2,(H,26,27,28)/t15-,18+,21-,23-/m1/s1. The Morgan fingerprint density at radius 2 is 2.06 bits per heavy atom. The molecule has 35 heavy (non-hydrogen) atoms. The fourth-order valence-corrected chi connectivity index (χ4v) is 5.23. The first-order valence-corrected chi connectivity index (χ1v) is 12.3. The molecule has 5 rings (SSSR count). The van der Waals surface area contributed by atoms with Gasteiger partial charge in [0.1, 0.15) is 18.8 Å². The van der Waals surface area contributed by atoms with Crippen LogP contribution in [0.2, 0.25) is 5.28 Å². The second-order valence-electron chi connectivity index (χ2n) is 9.32. The summed E-state index contributed by atoms with van der Waals surface area (Å²) in [5.41, 5.74) is -1.24. The largest absolute Gasteiger partial charge is 0.384 e. The van der Waals surface area contributed by atoms with E-state index in [-0.39, 0.29) is 30.4 Å². The Balaban J connectivity index is 1.34. The Kier molecular flexibility index (Phi) is 6.83. The van der Waals surface area contributed by atoms with E-state index in [0.29, 0.717) is 30.1 Å². The number of anilines is 1. The van der Waals surface area contributed by atoms with Crippen molar-refractivity contribution in [1.82, 2.24) is 24.4 Å². The highest BCUT2D eigenvalue weighted by molar-refractivity contribution is 6.28. The van der Waals surface area contributed by atoms with Crippen molar-refractivity contribution in [2.24, 2.45) is 0 Å². The van der Waals surface area contributed by atoms with Gasteiger partial charge in [-0.3, -0.25) is 9.36 Å². The van der Waals surface area contributed by atoms with Gasteiger partial charge in [-0.1, -0.05) is 18.8 Å². The number of fused-ring (bicyclic) bond motifs is 1. The summed E-state index contributed by atoms with van der Waals surface area (Å²) in [6.07, 6.45) is 9.67. The molecule has 3 aliphatic rings. The molecule has 0 radical (unpaired) electrons.